The molecular formula is C15H18N2O3S2. The van der Waals surface area contributed by atoms with Gasteiger partial charge in [0.05, 0.1) is 12.6 Å². The first-order chi connectivity index (χ1) is 10.7. The van der Waals surface area contributed by atoms with Crippen LogP contribution < -0.4 is 0 Å². The van der Waals surface area contributed by atoms with E-state index in [-0.39, 0.29) is 11.9 Å². The highest BCUT2D eigenvalue weighted by Gasteiger charge is 2.32. The number of aromatic nitrogens is 1. The fourth-order valence-electron chi connectivity index (χ4n) is 2.46. The smallest absolute Gasteiger partial charge is 0.274 e. The van der Waals surface area contributed by atoms with Gasteiger partial charge in [-0.1, -0.05) is 0 Å². The Bertz CT molecular complexity index is 653. The quantitative estimate of drug-likeness (QED) is 0.857. The standard InChI is InChI=1S/C15H18N2O3S2/c1-10-3-4-13(20-10)12-9-21-6-5-17(12)15(18)11-8-22-14(16-11)7-19-2/h3-4,8,12H,5-7,9H2,1-2H3. The predicted octanol–water partition coefficient (Wildman–Crippen LogP) is 3.12. The molecule has 1 unspecified atom stereocenters. The van der Waals surface area contributed by atoms with Gasteiger partial charge in [0.2, 0.25) is 0 Å². The second kappa shape index (κ2) is 6.85. The second-order valence-electron chi connectivity index (χ2n) is 5.10. The molecule has 1 amide bonds. The van der Waals surface area contributed by atoms with Gasteiger partial charge in [-0.15, -0.1) is 11.3 Å². The molecule has 1 fully saturated rings. The maximum Gasteiger partial charge on any atom is 0.274 e. The van der Waals surface area contributed by atoms with Crippen molar-refractivity contribution in [2.45, 2.75) is 19.6 Å². The number of methoxy groups -OCH3 is 1. The lowest BCUT2D eigenvalue weighted by Gasteiger charge is -2.33. The van der Waals surface area contributed by atoms with Crippen molar-refractivity contribution >= 4 is 29.0 Å². The molecule has 0 spiro atoms. The van der Waals surface area contributed by atoms with Gasteiger partial charge in [-0.2, -0.15) is 11.8 Å². The second-order valence-corrected chi connectivity index (χ2v) is 7.19. The molecule has 22 heavy (non-hydrogen) atoms. The van der Waals surface area contributed by atoms with E-state index >= 15 is 0 Å². The number of carbonyl (C=O) groups excluding carboxylic acids is 1. The first kappa shape index (κ1) is 15.6. The highest BCUT2D eigenvalue weighted by Crippen LogP contribution is 2.32. The molecular weight excluding hydrogens is 320 g/mol. The zero-order valence-corrected chi connectivity index (χ0v) is 14.2. The summed E-state index contributed by atoms with van der Waals surface area (Å²) in [6, 6.07) is 3.88. The summed E-state index contributed by atoms with van der Waals surface area (Å²) < 4.78 is 10.8. The van der Waals surface area contributed by atoms with Crippen LogP contribution in [0.2, 0.25) is 0 Å². The monoisotopic (exact) mass is 338 g/mol. The van der Waals surface area contributed by atoms with E-state index in [4.69, 9.17) is 9.15 Å². The fraction of sp³-hybridized carbons (Fsp3) is 0.467. The number of hydrogen-bond donors (Lipinski definition) is 0. The van der Waals surface area contributed by atoms with Crippen LogP contribution in [0.4, 0.5) is 0 Å². The van der Waals surface area contributed by atoms with E-state index < -0.39 is 0 Å². The molecule has 0 bridgehead atoms. The third-order valence-corrected chi connectivity index (χ3v) is 5.36. The van der Waals surface area contributed by atoms with Gasteiger partial charge in [0.15, 0.2) is 0 Å². The van der Waals surface area contributed by atoms with Gasteiger partial charge in [-0.05, 0) is 19.1 Å². The summed E-state index contributed by atoms with van der Waals surface area (Å²) in [6.07, 6.45) is 0. The molecule has 2 aromatic heterocycles. The molecule has 1 aliphatic heterocycles. The minimum absolute atomic E-state index is 0.0208. The molecule has 3 rings (SSSR count). The van der Waals surface area contributed by atoms with Gasteiger partial charge < -0.3 is 14.1 Å². The van der Waals surface area contributed by atoms with Gasteiger partial charge in [0.1, 0.15) is 22.2 Å². The molecule has 0 N–H and O–H groups in total. The molecule has 5 nitrogen and oxygen atoms in total. The largest absolute Gasteiger partial charge is 0.464 e. The van der Waals surface area contributed by atoms with Gasteiger partial charge >= 0.3 is 0 Å². The number of aryl methyl sites for hydroxylation is 1. The number of thiazole rings is 1. The fourth-order valence-corrected chi connectivity index (χ4v) is 4.26. The molecule has 118 valence electrons. The van der Waals surface area contributed by atoms with E-state index in [0.29, 0.717) is 18.8 Å². The Morgan fingerprint density at radius 3 is 3.14 bits per heavy atom. The zero-order chi connectivity index (χ0) is 15.5. The Morgan fingerprint density at radius 1 is 1.55 bits per heavy atom. The van der Waals surface area contributed by atoms with Crippen LogP contribution in [0.1, 0.15) is 33.1 Å². The Morgan fingerprint density at radius 2 is 2.41 bits per heavy atom. The minimum Gasteiger partial charge on any atom is -0.464 e. The summed E-state index contributed by atoms with van der Waals surface area (Å²) >= 11 is 3.30. The maximum atomic E-state index is 12.8. The number of carbonyl (C=O) groups is 1. The Labute approximate surface area is 137 Å². The zero-order valence-electron chi connectivity index (χ0n) is 12.6. The Kier molecular flexibility index (Phi) is 4.85. The number of amides is 1. The molecule has 7 heteroatoms. The summed E-state index contributed by atoms with van der Waals surface area (Å²) in [7, 11) is 1.63. The van der Waals surface area contributed by atoms with Crippen LogP contribution in [0.5, 0.6) is 0 Å². The lowest BCUT2D eigenvalue weighted by molar-refractivity contribution is 0.0675. The molecule has 0 aliphatic carbocycles. The highest BCUT2D eigenvalue weighted by atomic mass is 32.2. The van der Waals surface area contributed by atoms with Crippen molar-refractivity contribution in [3.63, 3.8) is 0 Å². The van der Waals surface area contributed by atoms with Gasteiger partial charge in [-0.25, -0.2) is 4.98 Å². The van der Waals surface area contributed by atoms with Crippen molar-refractivity contribution < 1.29 is 13.9 Å². The van der Waals surface area contributed by atoms with Crippen LogP contribution >= 0.6 is 23.1 Å². The van der Waals surface area contributed by atoms with Crippen molar-refractivity contribution in [3.8, 4) is 0 Å². The molecule has 3 heterocycles. The molecule has 1 saturated heterocycles. The molecule has 2 aromatic rings. The van der Waals surface area contributed by atoms with Crippen molar-refractivity contribution in [1.82, 2.24) is 9.88 Å². The molecule has 1 atom stereocenters. The first-order valence-electron chi connectivity index (χ1n) is 7.07. The molecule has 0 radical (unpaired) electrons. The van der Waals surface area contributed by atoms with Crippen molar-refractivity contribution in [2.24, 2.45) is 0 Å². The van der Waals surface area contributed by atoms with E-state index in [0.717, 1.165) is 28.0 Å². The van der Waals surface area contributed by atoms with Gasteiger partial charge in [0, 0.05) is 30.5 Å². The van der Waals surface area contributed by atoms with Gasteiger partial charge in [-0.3, -0.25) is 4.79 Å². The van der Waals surface area contributed by atoms with Crippen LogP contribution in [0.15, 0.2) is 21.9 Å². The first-order valence-corrected chi connectivity index (χ1v) is 9.11. The number of thioether (sulfide) groups is 1. The van der Waals surface area contributed by atoms with E-state index in [1.54, 1.807) is 7.11 Å². The highest BCUT2D eigenvalue weighted by molar-refractivity contribution is 7.99. The molecule has 0 saturated carbocycles. The number of rotatable bonds is 4. The lowest BCUT2D eigenvalue weighted by Crippen LogP contribution is -2.40. The van der Waals surface area contributed by atoms with Crippen LogP contribution in [-0.2, 0) is 11.3 Å². The van der Waals surface area contributed by atoms with Crippen molar-refractivity contribution in [1.29, 1.82) is 0 Å². The summed E-state index contributed by atoms with van der Waals surface area (Å²) in [4.78, 5) is 19.0. The summed E-state index contributed by atoms with van der Waals surface area (Å²) in [5, 5.41) is 2.63. The maximum absolute atomic E-state index is 12.8. The van der Waals surface area contributed by atoms with Crippen LogP contribution in [0.3, 0.4) is 0 Å². The van der Waals surface area contributed by atoms with Gasteiger partial charge in [0.25, 0.3) is 5.91 Å². The third kappa shape index (κ3) is 3.21. The molecule has 0 aromatic carbocycles. The normalized spacial score (nSPS) is 18.6. The predicted molar refractivity (Wildman–Crippen MR) is 87.4 cm³/mol. The van der Waals surface area contributed by atoms with Crippen LogP contribution in [-0.4, -0.2) is 41.0 Å². The Balaban J connectivity index is 1.81. The van der Waals surface area contributed by atoms with Crippen LogP contribution in [0, 0.1) is 6.92 Å². The Hall–Kier alpha value is -1.31. The third-order valence-electron chi connectivity index (χ3n) is 3.52. The minimum atomic E-state index is -0.0297. The van der Waals surface area contributed by atoms with E-state index in [1.165, 1.54) is 11.3 Å². The van der Waals surface area contributed by atoms with E-state index in [1.807, 2.05) is 41.1 Å². The average Bonchev–Trinajstić information content (AvgIpc) is 3.16. The van der Waals surface area contributed by atoms with E-state index in [9.17, 15) is 4.79 Å². The number of furan rings is 1. The SMILES string of the molecule is COCc1nc(C(=O)N2CCSCC2c2ccc(C)o2)cs1. The number of nitrogens with zero attached hydrogens (tertiary/aromatic N) is 2. The summed E-state index contributed by atoms with van der Waals surface area (Å²) in [6.45, 7) is 3.07. The number of hydrogen-bond acceptors (Lipinski definition) is 6. The van der Waals surface area contributed by atoms with E-state index in [2.05, 4.69) is 4.98 Å². The average molecular weight is 338 g/mol. The van der Waals surface area contributed by atoms with Crippen molar-refractivity contribution in [3.05, 3.63) is 39.7 Å². The van der Waals surface area contributed by atoms with Crippen LogP contribution in [0.25, 0.3) is 0 Å². The lowest BCUT2D eigenvalue weighted by atomic mass is 10.2. The van der Waals surface area contributed by atoms with Crippen molar-refractivity contribution in [2.75, 3.05) is 25.2 Å². The number of ether oxygens (including phenoxy) is 1. The summed E-state index contributed by atoms with van der Waals surface area (Å²) in [5.41, 5.74) is 0.497. The summed E-state index contributed by atoms with van der Waals surface area (Å²) in [5.74, 6) is 3.49. The topological polar surface area (TPSA) is 55.6 Å². The molecule has 1 aliphatic rings.